The number of hydrogen-bond acceptors (Lipinski definition) is 4. The van der Waals surface area contributed by atoms with Gasteiger partial charge in [-0.1, -0.05) is 19.1 Å². The topological polar surface area (TPSA) is 58.6 Å². The van der Waals surface area contributed by atoms with Crippen molar-refractivity contribution in [1.29, 1.82) is 0 Å². The van der Waals surface area contributed by atoms with Crippen molar-refractivity contribution < 1.29 is 13.2 Å². The van der Waals surface area contributed by atoms with Gasteiger partial charge in [0.15, 0.2) is 0 Å². The summed E-state index contributed by atoms with van der Waals surface area (Å²) >= 11 is 0. The highest BCUT2D eigenvalue weighted by Gasteiger charge is 2.31. The van der Waals surface area contributed by atoms with Crippen molar-refractivity contribution in [2.75, 3.05) is 26.3 Å². The number of rotatable bonds is 5. The van der Waals surface area contributed by atoms with Crippen LogP contribution in [0.3, 0.4) is 0 Å². The van der Waals surface area contributed by atoms with Gasteiger partial charge in [0.1, 0.15) is 0 Å². The number of morpholine rings is 1. The summed E-state index contributed by atoms with van der Waals surface area (Å²) in [5, 5.41) is 3.20. The minimum atomic E-state index is -3.43. The van der Waals surface area contributed by atoms with E-state index in [0.717, 1.165) is 12.1 Å². The minimum absolute atomic E-state index is 0.119. The van der Waals surface area contributed by atoms with Crippen LogP contribution in [0, 0.1) is 0 Å². The Balaban J connectivity index is 2.24. The first kappa shape index (κ1) is 15.4. The predicted octanol–water partition coefficient (Wildman–Crippen LogP) is 1.21. The van der Waals surface area contributed by atoms with E-state index in [0.29, 0.717) is 31.2 Å². The van der Waals surface area contributed by atoms with Gasteiger partial charge in [0.2, 0.25) is 10.0 Å². The smallest absolute Gasteiger partial charge is 0.243 e. The largest absolute Gasteiger partial charge is 0.378 e. The minimum Gasteiger partial charge on any atom is -0.378 e. The maximum absolute atomic E-state index is 12.7. The molecule has 1 aromatic rings. The fourth-order valence-corrected chi connectivity index (χ4v) is 3.96. The quantitative estimate of drug-likeness (QED) is 0.887. The molecule has 20 heavy (non-hydrogen) atoms. The fraction of sp³-hybridized carbons (Fsp3) is 0.571. The Bertz CT molecular complexity index is 545. The molecular weight excluding hydrogens is 276 g/mol. The zero-order valence-corrected chi connectivity index (χ0v) is 12.8. The second-order valence-corrected chi connectivity index (χ2v) is 6.86. The summed E-state index contributed by atoms with van der Waals surface area (Å²) in [4.78, 5) is 0.363. The van der Waals surface area contributed by atoms with E-state index < -0.39 is 10.0 Å². The second kappa shape index (κ2) is 6.67. The molecule has 0 aliphatic carbocycles. The first-order chi connectivity index (χ1) is 9.55. The third kappa shape index (κ3) is 3.38. The molecule has 0 spiro atoms. The Labute approximate surface area is 121 Å². The van der Waals surface area contributed by atoms with E-state index in [2.05, 4.69) is 5.32 Å². The van der Waals surface area contributed by atoms with Gasteiger partial charge in [-0.3, -0.25) is 0 Å². The van der Waals surface area contributed by atoms with E-state index in [1.807, 2.05) is 19.9 Å². The van der Waals surface area contributed by atoms with Gasteiger partial charge in [-0.05, 0) is 31.2 Å². The molecule has 0 bridgehead atoms. The molecule has 1 aromatic carbocycles. The van der Waals surface area contributed by atoms with Crippen molar-refractivity contribution in [3.63, 3.8) is 0 Å². The van der Waals surface area contributed by atoms with Crippen LogP contribution in [-0.4, -0.2) is 45.1 Å². The molecule has 0 saturated carbocycles. The summed E-state index contributed by atoms with van der Waals surface area (Å²) in [6, 6.07) is 7.02. The molecule has 1 unspecified atom stereocenters. The molecule has 2 rings (SSSR count). The Morgan fingerprint density at radius 2 is 2.25 bits per heavy atom. The van der Waals surface area contributed by atoms with Crippen LogP contribution in [-0.2, 0) is 21.3 Å². The highest BCUT2D eigenvalue weighted by molar-refractivity contribution is 7.89. The predicted molar refractivity (Wildman–Crippen MR) is 78.0 cm³/mol. The molecule has 1 heterocycles. The molecule has 112 valence electrons. The highest BCUT2D eigenvalue weighted by Crippen LogP contribution is 2.21. The van der Waals surface area contributed by atoms with Gasteiger partial charge in [0.25, 0.3) is 0 Å². The van der Waals surface area contributed by atoms with Crippen molar-refractivity contribution in [1.82, 2.24) is 9.62 Å². The third-order valence-corrected chi connectivity index (χ3v) is 5.40. The Morgan fingerprint density at radius 1 is 1.45 bits per heavy atom. The lowest BCUT2D eigenvalue weighted by atomic mass is 10.2. The normalized spacial score (nSPS) is 21.0. The lowest BCUT2D eigenvalue weighted by Crippen LogP contribution is -2.46. The number of benzene rings is 1. The molecule has 0 aromatic heterocycles. The fourth-order valence-electron chi connectivity index (χ4n) is 2.29. The van der Waals surface area contributed by atoms with Gasteiger partial charge in [-0.15, -0.1) is 0 Å². The van der Waals surface area contributed by atoms with Crippen LogP contribution in [0.4, 0.5) is 0 Å². The summed E-state index contributed by atoms with van der Waals surface area (Å²) in [5.41, 5.74) is 0.980. The first-order valence-electron chi connectivity index (χ1n) is 6.95. The van der Waals surface area contributed by atoms with E-state index in [1.165, 1.54) is 4.31 Å². The van der Waals surface area contributed by atoms with Gasteiger partial charge in [-0.2, -0.15) is 4.31 Å². The van der Waals surface area contributed by atoms with Crippen LogP contribution in [0.2, 0.25) is 0 Å². The average molecular weight is 298 g/mol. The van der Waals surface area contributed by atoms with Crippen LogP contribution >= 0.6 is 0 Å². The first-order valence-corrected chi connectivity index (χ1v) is 8.39. The molecule has 0 radical (unpaired) electrons. The Hall–Kier alpha value is -0.950. The van der Waals surface area contributed by atoms with Crippen LogP contribution in [0.1, 0.15) is 19.4 Å². The highest BCUT2D eigenvalue weighted by atomic mass is 32.2. The molecule has 1 aliphatic heterocycles. The Kier molecular flexibility index (Phi) is 5.15. The van der Waals surface area contributed by atoms with Crippen molar-refractivity contribution in [3.8, 4) is 0 Å². The standard InChI is InChI=1S/C14H22N2O3S/c1-3-15-10-13-5-4-6-14(9-13)20(17,18)16-7-8-19-11-12(16)2/h4-6,9,12,15H,3,7-8,10-11H2,1-2H3. The number of hydrogen-bond donors (Lipinski definition) is 1. The molecule has 6 heteroatoms. The summed E-state index contributed by atoms with van der Waals surface area (Å²) < 4.78 is 32.2. The average Bonchev–Trinajstić information content (AvgIpc) is 2.45. The maximum atomic E-state index is 12.7. The van der Waals surface area contributed by atoms with Gasteiger partial charge in [0, 0.05) is 19.1 Å². The summed E-state index contributed by atoms with van der Waals surface area (Å²) in [5.74, 6) is 0. The molecule has 1 saturated heterocycles. The summed E-state index contributed by atoms with van der Waals surface area (Å²) in [7, 11) is -3.43. The summed E-state index contributed by atoms with van der Waals surface area (Å²) in [6.07, 6.45) is 0. The van der Waals surface area contributed by atoms with E-state index in [-0.39, 0.29) is 6.04 Å². The molecule has 5 nitrogen and oxygen atoms in total. The SMILES string of the molecule is CCNCc1cccc(S(=O)(=O)N2CCOCC2C)c1. The lowest BCUT2D eigenvalue weighted by molar-refractivity contribution is 0.0393. The number of sulfonamides is 1. The molecule has 1 fully saturated rings. The van der Waals surface area contributed by atoms with E-state index in [9.17, 15) is 8.42 Å². The van der Waals surface area contributed by atoms with Crippen LogP contribution in [0.5, 0.6) is 0 Å². The number of nitrogens with zero attached hydrogens (tertiary/aromatic N) is 1. The van der Waals surface area contributed by atoms with Crippen molar-refractivity contribution in [2.45, 2.75) is 31.3 Å². The number of nitrogens with one attached hydrogen (secondary N) is 1. The van der Waals surface area contributed by atoms with Crippen molar-refractivity contribution in [3.05, 3.63) is 29.8 Å². The second-order valence-electron chi connectivity index (χ2n) is 4.97. The third-order valence-electron chi connectivity index (χ3n) is 3.39. The van der Waals surface area contributed by atoms with E-state index in [4.69, 9.17) is 4.74 Å². The molecule has 1 aliphatic rings. The van der Waals surface area contributed by atoms with Gasteiger partial charge >= 0.3 is 0 Å². The van der Waals surface area contributed by atoms with E-state index >= 15 is 0 Å². The van der Waals surface area contributed by atoms with Crippen LogP contribution < -0.4 is 5.32 Å². The Morgan fingerprint density at radius 3 is 2.95 bits per heavy atom. The van der Waals surface area contributed by atoms with Crippen molar-refractivity contribution in [2.24, 2.45) is 0 Å². The van der Waals surface area contributed by atoms with Gasteiger partial charge in [0.05, 0.1) is 18.1 Å². The lowest BCUT2D eigenvalue weighted by Gasteiger charge is -2.32. The molecule has 1 atom stereocenters. The molecule has 1 N–H and O–H groups in total. The summed E-state index contributed by atoms with van der Waals surface area (Å²) in [6.45, 7) is 6.77. The molecule has 0 amide bonds. The number of ether oxygens (including phenoxy) is 1. The van der Waals surface area contributed by atoms with Crippen LogP contribution in [0.25, 0.3) is 0 Å². The zero-order valence-electron chi connectivity index (χ0n) is 12.0. The zero-order chi connectivity index (χ0) is 14.6. The maximum Gasteiger partial charge on any atom is 0.243 e. The van der Waals surface area contributed by atoms with Gasteiger partial charge in [-0.25, -0.2) is 8.42 Å². The monoisotopic (exact) mass is 298 g/mol. The van der Waals surface area contributed by atoms with Crippen LogP contribution in [0.15, 0.2) is 29.2 Å². The molecular formula is C14H22N2O3S. The van der Waals surface area contributed by atoms with E-state index in [1.54, 1.807) is 18.2 Å². The van der Waals surface area contributed by atoms with Crippen molar-refractivity contribution >= 4 is 10.0 Å². The van der Waals surface area contributed by atoms with Gasteiger partial charge < -0.3 is 10.1 Å².